The van der Waals surface area contributed by atoms with Gasteiger partial charge in [0.15, 0.2) is 0 Å². The van der Waals surface area contributed by atoms with Crippen LogP contribution in [0.15, 0.2) is 0 Å². The molecule has 3 atom stereocenters. The second kappa shape index (κ2) is 6.75. The van der Waals surface area contributed by atoms with E-state index in [1.165, 1.54) is 0 Å². The van der Waals surface area contributed by atoms with Gasteiger partial charge in [0.05, 0.1) is 5.92 Å². The Labute approximate surface area is 107 Å². The molecule has 0 radical (unpaired) electrons. The van der Waals surface area contributed by atoms with Crippen molar-refractivity contribution in [1.82, 2.24) is 5.43 Å². The highest BCUT2D eigenvalue weighted by Gasteiger charge is 2.47. The van der Waals surface area contributed by atoms with Crippen LogP contribution in [0.1, 0.15) is 52.4 Å². The Morgan fingerprint density at radius 3 is 2.28 bits per heavy atom. The van der Waals surface area contributed by atoms with Crippen molar-refractivity contribution >= 4 is 0 Å². The molecule has 1 saturated carbocycles. The van der Waals surface area contributed by atoms with Crippen molar-refractivity contribution in [1.29, 1.82) is 0 Å². The summed E-state index contributed by atoms with van der Waals surface area (Å²) in [5.74, 6) is 4.43. The molecule has 2 nitrogen and oxygen atoms in total. The smallest absolute Gasteiger partial charge is 0.271 e. The van der Waals surface area contributed by atoms with Gasteiger partial charge in [0.25, 0.3) is 0 Å². The minimum Gasteiger partial charge on any atom is -0.271 e. The lowest BCUT2D eigenvalue weighted by molar-refractivity contribution is -0.199. The van der Waals surface area contributed by atoms with Gasteiger partial charge in [-0.25, -0.2) is 0 Å². The topological polar surface area (TPSA) is 38.0 Å². The molecule has 108 valence electrons. The van der Waals surface area contributed by atoms with Crippen molar-refractivity contribution in [3.8, 4) is 0 Å². The number of hydrogen-bond acceptors (Lipinski definition) is 2. The summed E-state index contributed by atoms with van der Waals surface area (Å²) in [5, 5.41) is 0. The van der Waals surface area contributed by atoms with E-state index in [1.54, 1.807) is 0 Å². The van der Waals surface area contributed by atoms with E-state index < -0.39 is 12.1 Å². The maximum atomic E-state index is 13.0. The third kappa shape index (κ3) is 4.43. The molecule has 0 amide bonds. The Morgan fingerprint density at radius 1 is 1.17 bits per heavy atom. The third-order valence-corrected chi connectivity index (χ3v) is 4.03. The van der Waals surface area contributed by atoms with Crippen LogP contribution in [0, 0.1) is 17.8 Å². The van der Waals surface area contributed by atoms with Crippen LogP contribution in [0.2, 0.25) is 0 Å². The van der Waals surface area contributed by atoms with Gasteiger partial charge in [-0.05, 0) is 37.5 Å². The van der Waals surface area contributed by atoms with Gasteiger partial charge in [-0.15, -0.1) is 0 Å². The monoisotopic (exact) mass is 266 g/mol. The largest absolute Gasteiger partial charge is 0.392 e. The van der Waals surface area contributed by atoms with Crippen molar-refractivity contribution in [3.63, 3.8) is 0 Å². The molecule has 3 N–H and O–H groups in total. The highest BCUT2D eigenvalue weighted by atomic mass is 19.4. The van der Waals surface area contributed by atoms with Gasteiger partial charge in [-0.2, -0.15) is 13.2 Å². The molecule has 3 unspecified atom stereocenters. The molecule has 18 heavy (non-hydrogen) atoms. The first-order chi connectivity index (χ1) is 8.36. The Kier molecular flexibility index (Phi) is 5.92. The van der Waals surface area contributed by atoms with Gasteiger partial charge in [0.1, 0.15) is 0 Å². The van der Waals surface area contributed by atoms with E-state index in [-0.39, 0.29) is 18.4 Å². The summed E-state index contributed by atoms with van der Waals surface area (Å²) in [6.07, 6.45) is 0.0177. The maximum Gasteiger partial charge on any atom is 0.392 e. The zero-order valence-corrected chi connectivity index (χ0v) is 11.3. The second-order valence-corrected chi connectivity index (χ2v) is 5.84. The van der Waals surface area contributed by atoms with Crippen LogP contribution in [0.4, 0.5) is 13.2 Å². The number of hydrazine groups is 1. The van der Waals surface area contributed by atoms with E-state index >= 15 is 0 Å². The van der Waals surface area contributed by atoms with E-state index in [1.807, 2.05) is 0 Å². The van der Waals surface area contributed by atoms with Crippen LogP contribution in [0.3, 0.4) is 0 Å². The summed E-state index contributed by atoms with van der Waals surface area (Å²) < 4.78 is 39.1. The van der Waals surface area contributed by atoms with E-state index in [9.17, 15) is 13.2 Å². The minimum atomic E-state index is -4.09. The number of hydrogen-bond donors (Lipinski definition) is 2. The molecule has 0 aromatic rings. The number of alkyl halides is 3. The van der Waals surface area contributed by atoms with Crippen molar-refractivity contribution in [2.24, 2.45) is 23.6 Å². The molecule has 0 spiro atoms. The van der Waals surface area contributed by atoms with Crippen LogP contribution < -0.4 is 11.3 Å². The lowest BCUT2D eigenvalue weighted by Gasteiger charge is -2.38. The zero-order chi connectivity index (χ0) is 13.8. The molecule has 0 aromatic carbocycles. The van der Waals surface area contributed by atoms with Crippen molar-refractivity contribution in [2.75, 3.05) is 0 Å². The highest BCUT2D eigenvalue weighted by Crippen LogP contribution is 2.43. The van der Waals surface area contributed by atoms with Crippen LogP contribution >= 0.6 is 0 Å². The normalized spacial score (nSPS) is 27.5. The van der Waals surface area contributed by atoms with Crippen LogP contribution in [0.25, 0.3) is 0 Å². The Bertz CT molecular complexity index is 241. The van der Waals surface area contributed by atoms with Crippen LogP contribution in [-0.2, 0) is 0 Å². The molecule has 0 bridgehead atoms. The summed E-state index contributed by atoms with van der Waals surface area (Å²) in [6.45, 7) is 4.16. The fraction of sp³-hybridized carbons (Fsp3) is 1.00. The SMILES string of the molecule is CC(C)CCC(NN)C1CCCCC1C(F)(F)F. The number of nitrogens with one attached hydrogen (secondary N) is 1. The average molecular weight is 266 g/mol. The van der Waals surface area contributed by atoms with Gasteiger partial charge in [-0.3, -0.25) is 11.3 Å². The van der Waals surface area contributed by atoms with Gasteiger partial charge in [0.2, 0.25) is 0 Å². The van der Waals surface area contributed by atoms with E-state index in [0.717, 1.165) is 19.3 Å². The average Bonchev–Trinajstić information content (AvgIpc) is 2.29. The van der Waals surface area contributed by atoms with Gasteiger partial charge in [-0.1, -0.05) is 26.7 Å². The summed E-state index contributed by atoms with van der Waals surface area (Å²) in [4.78, 5) is 0. The number of halogens is 3. The quantitative estimate of drug-likeness (QED) is 0.589. The lowest BCUT2D eigenvalue weighted by Crippen LogP contribution is -2.48. The van der Waals surface area contributed by atoms with E-state index in [2.05, 4.69) is 19.3 Å². The molecule has 0 aromatic heterocycles. The van der Waals surface area contributed by atoms with Gasteiger partial charge < -0.3 is 0 Å². The molecule has 0 aliphatic heterocycles. The second-order valence-electron chi connectivity index (χ2n) is 5.84. The van der Waals surface area contributed by atoms with Crippen molar-refractivity contribution in [2.45, 2.75) is 64.6 Å². The Hall–Kier alpha value is -0.290. The maximum absolute atomic E-state index is 13.0. The summed E-state index contributed by atoms with van der Waals surface area (Å²) in [7, 11) is 0. The summed E-state index contributed by atoms with van der Waals surface area (Å²) in [6, 6.07) is -0.209. The molecule has 1 aliphatic carbocycles. The molecule has 1 rings (SSSR count). The van der Waals surface area contributed by atoms with Crippen LogP contribution in [0.5, 0.6) is 0 Å². The van der Waals surface area contributed by atoms with E-state index in [4.69, 9.17) is 5.84 Å². The fourth-order valence-corrected chi connectivity index (χ4v) is 2.98. The molecular formula is C13H25F3N2. The predicted octanol–water partition coefficient (Wildman–Crippen LogP) is 3.62. The third-order valence-electron chi connectivity index (χ3n) is 4.03. The highest BCUT2D eigenvalue weighted by molar-refractivity contribution is 4.87. The first kappa shape index (κ1) is 15.8. The van der Waals surface area contributed by atoms with Gasteiger partial charge >= 0.3 is 6.18 Å². The minimum absolute atomic E-state index is 0.209. The molecule has 0 saturated heterocycles. The predicted molar refractivity (Wildman–Crippen MR) is 66.7 cm³/mol. The first-order valence-electron chi connectivity index (χ1n) is 6.89. The molecule has 5 heteroatoms. The molecular weight excluding hydrogens is 241 g/mol. The van der Waals surface area contributed by atoms with Crippen molar-refractivity contribution < 1.29 is 13.2 Å². The zero-order valence-electron chi connectivity index (χ0n) is 11.3. The van der Waals surface area contributed by atoms with Crippen LogP contribution in [-0.4, -0.2) is 12.2 Å². The Balaban J connectivity index is 2.68. The van der Waals surface area contributed by atoms with Crippen molar-refractivity contribution in [3.05, 3.63) is 0 Å². The number of nitrogens with two attached hydrogens (primary N) is 1. The molecule has 0 heterocycles. The van der Waals surface area contributed by atoms with E-state index in [0.29, 0.717) is 18.8 Å². The standard InChI is InChI=1S/C13H25F3N2/c1-9(2)7-8-12(18-17)10-5-3-4-6-11(10)13(14,15)16/h9-12,18H,3-8,17H2,1-2H3. The summed E-state index contributed by atoms with van der Waals surface area (Å²) in [5.41, 5.74) is 2.63. The molecule has 1 fully saturated rings. The fourth-order valence-electron chi connectivity index (χ4n) is 2.98. The van der Waals surface area contributed by atoms with Gasteiger partial charge in [0, 0.05) is 6.04 Å². The number of rotatable bonds is 5. The molecule has 1 aliphatic rings. The lowest BCUT2D eigenvalue weighted by atomic mass is 9.73. The Morgan fingerprint density at radius 2 is 1.78 bits per heavy atom. The summed E-state index contributed by atoms with van der Waals surface area (Å²) >= 11 is 0. The first-order valence-corrected chi connectivity index (χ1v) is 6.89.